The van der Waals surface area contributed by atoms with Crippen LogP contribution in [0.3, 0.4) is 0 Å². The van der Waals surface area contributed by atoms with E-state index in [0.29, 0.717) is 11.1 Å². The van der Waals surface area contributed by atoms with Crippen LogP contribution in [0.2, 0.25) is 0 Å². The lowest BCUT2D eigenvalue weighted by molar-refractivity contribution is 0.00986. The van der Waals surface area contributed by atoms with Crippen molar-refractivity contribution < 1.29 is 4.79 Å². The first-order chi connectivity index (χ1) is 11.1. The molecule has 1 spiro atoms. The highest BCUT2D eigenvalue weighted by Crippen LogP contribution is 2.40. The van der Waals surface area contributed by atoms with Crippen molar-refractivity contribution in [3.63, 3.8) is 0 Å². The highest BCUT2D eigenvalue weighted by molar-refractivity contribution is 7.07. The fraction of sp³-hybridized carbons (Fsp3) is 0.471. The van der Waals surface area contributed by atoms with Crippen LogP contribution < -0.4 is 0 Å². The van der Waals surface area contributed by atoms with E-state index in [4.69, 9.17) is 0 Å². The van der Waals surface area contributed by atoms with Crippen molar-refractivity contribution in [2.75, 3.05) is 26.2 Å². The average Bonchev–Trinajstić information content (AvgIpc) is 3.16. The van der Waals surface area contributed by atoms with E-state index in [1.54, 1.807) is 23.7 Å². The van der Waals surface area contributed by atoms with Crippen LogP contribution in [-0.4, -0.2) is 51.9 Å². The molecule has 0 saturated carbocycles. The van der Waals surface area contributed by atoms with Crippen LogP contribution in [0, 0.1) is 12.3 Å². The number of carbonyl (C=O) groups excluding carboxylic acids is 1. The highest BCUT2D eigenvalue weighted by Gasteiger charge is 2.49. The topological polar surface area (TPSA) is 49.3 Å². The van der Waals surface area contributed by atoms with Gasteiger partial charge in [0.25, 0.3) is 5.91 Å². The molecule has 1 amide bonds. The first-order valence-electron chi connectivity index (χ1n) is 7.95. The Labute approximate surface area is 140 Å². The van der Waals surface area contributed by atoms with E-state index in [1.165, 1.54) is 12.0 Å². The first-order valence-corrected chi connectivity index (χ1v) is 8.89. The molecule has 2 aromatic heterocycles. The molecule has 5 nitrogen and oxygen atoms in total. The molecule has 2 saturated heterocycles. The maximum atomic E-state index is 12.4. The molecule has 2 aromatic rings. The SMILES string of the molecule is Cc1cnc(C(=O)N2CC3(CCN(Cc4ccsc4)C3)C2)cn1. The summed E-state index contributed by atoms with van der Waals surface area (Å²) in [5.74, 6) is 0.0133. The maximum absolute atomic E-state index is 12.4. The van der Waals surface area contributed by atoms with Gasteiger partial charge in [-0.2, -0.15) is 11.3 Å². The summed E-state index contributed by atoms with van der Waals surface area (Å²) in [5.41, 5.74) is 2.98. The van der Waals surface area contributed by atoms with Gasteiger partial charge in [0, 0.05) is 37.8 Å². The van der Waals surface area contributed by atoms with Gasteiger partial charge in [0.1, 0.15) is 5.69 Å². The molecule has 0 bridgehead atoms. The van der Waals surface area contributed by atoms with Crippen LogP contribution in [0.5, 0.6) is 0 Å². The van der Waals surface area contributed by atoms with Gasteiger partial charge in [0.2, 0.25) is 0 Å². The second-order valence-electron chi connectivity index (χ2n) is 6.80. The van der Waals surface area contributed by atoms with Crippen LogP contribution >= 0.6 is 11.3 Å². The van der Waals surface area contributed by atoms with E-state index in [0.717, 1.165) is 38.4 Å². The molecule has 6 heteroatoms. The molecule has 0 unspecified atom stereocenters. The summed E-state index contributed by atoms with van der Waals surface area (Å²) < 4.78 is 0. The fourth-order valence-corrected chi connectivity index (χ4v) is 4.29. The summed E-state index contributed by atoms with van der Waals surface area (Å²) in [6.07, 6.45) is 4.42. The van der Waals surface area contributed by atoms with Crippen LogP contribution in [0.25, 0.3) is 0 Å². The van der Waals surface area contributed by atoms with Crippen molar-refractivity contribution in [3.8, 4) is 0 Å². The fourth-order valence-electron chi connectivity index (χ4n) is 3.63. The Bertz CT molecular complexity index is 692. The Morgan fingerprint density at radius 3 is 2.87 bits per heavy atom. The smallest absolute Gasteiger partial charge is 0.274 e. The van der Waals surface area contributed by atoms with Crippen molar-refractivity contribution in [1.29, 1.82) is 0 Å². The molecule has 2 aliphatic rings. The van der Waals surface area contributed by atoms with E-state index in [1.807, 2.05) is 11.8 Å². The molecule has 120 valence electrons. The normalized spacial score (nSPS) is 20.0. The molecule has 0 aromatic carbocycles. The number of thiophene rings is 1. The zero-order chi connectivity index (χ0) is 15.9. The molecule has 4 rings (SSSR count). The minimum atomic E-state index is 0.0133. The van der Waals surface area contributed by atoms with E-state index in [2.05, 4.69) is 31.7 Å². The number of hydrogen-bond donors (Lipinski definition) is 0. The van der Waals surface area contributed by atoms with Crippen molar-refractivity contribution in [3.05, 3.63) is 46.2 Å². The summed E-state index contributed by atoms with van der Waals surface area (Å²) in [7, 11) is 0. The van der Waals surface area contributed by atoms with Gasteiger partial charge >= 0.3 is 0 Å². The summed E-state index contributed by atoms with van der Waals surface area (Å²) in [5, 5.41) is 4.35. The maximum Gasteiger partial charge on any atom is 0.274 e. The number of rotatable bonds is 3. The predicted octanol–water partition coefficient (Wildman–Crippen LogP) is 2.19. The lowest BCUT2D eigenvalue weighted by Crippen LogP contribution is -2.59. The standard InChI is InChI=1S/C17H20N4OS/c1-13-6-19-15(7-18-13)16(22)21-11-17(12-21)3-4-20(10-17)8-14-2-5-23-9-14/h2,5-7,9H,3-4,8,10-12H2,1H3. The van der Waals surface area contributed by atoms with Gasteiger partial charge < -0.3 is 4.90 Å². The molecule has 2 aliphatic heterocycles. The number of likely N-dealkylation sites (tertiary alicyclic amines) is 2. The Morgan fingerprint density at radius 1 is 1.30 bits per heavy atom. The zero-order valence-corrected chi connectivity index (χ0v) is 14.1. The number of hydrogen-bond acceptors (Lipinski definition) is 5. The lowest BCUT2D eigenvalue weighted by Gasteiger charge is -2.48. The van der Waals surface area contributed by atoms with Gasteiger partial charge in [-0.3, -0.25) is 14.7 Å². The molecular formula is C17H20N4OS. The zero-order valence-electron chi connectivity index (χ0n) is 13.2. The predicted molar refractivity (Wildman–Crippen MR) is 89.3 cm³/mol. The highest BCUT2D eigenvalue weighted by atomic mass is 32.1. The number of nitrogens with zero attached hydrogens (tertiary/aromatic N) is 4. The van der Waals surface area contributed by atoms with E-state index in [9.17, 15) is 4.79 Å². The summed E-state index contributed by atoms with van der Waals surface area (Å²) >= 11 is 1.75. The summed E-state index contributed by atoms with van der Waals surface area (Å²) in [6, 6.07) is 2.20. The number of carbonyl (C=O) groups is 1. The number of amides is 1. The Hall–Kier alpha value is -1.79. The van der Waals surface area contributed by atoms with Gasteiger partial charge in [-0.15, -0.1) is 0 Å². The second kappa shape index (κ2) is 5.69. The number of aromatic nitrogens is 2. The molecule has 2 fully saturated rings. The molecule has 23 heavy (non-hydrogen) atoms. The minimum Gasteiger partial charge on any atom is -0.336 e. The third-order valence-corrected chi connectivity index (χ3v) is 5.58. The third kappa shape index (κ3) is 2.88. The van der Waals surface area contributed by atoms with Gasteiger partial charge in [-0.05, 0) is 42.3 Å². The quantitative estimate of drug-likeness (QED) is 0.867. The Balaban J connectivity index is 1.34. The summed E-state index contributed by atoms with van der Waals surface area (Å²) in [6.45, 7) is 6.82. The van der Waals surface area contributed by atoms with Gasteiger partial charge in [0.05, 0.1) is 11.9 Å². The Kier molecular flexibility index (Phi) is 3.66. The average molecular weight is 328 g/mol. The van der Waals surface area contributed by atoms with Crippen LogP contribution in [0.15, 0.2) is 29.2 Å². The van der Waals surface area contributed by atoms with E-state index < -0.39 is 0 Å². The molecule has 0 N–H and O–H groups in total. The van der Waals surface area contributed by atoms with Crippen molar-refractivity contribution >= 4 is 17.2 Å². The van der Waals surface area contributed by atoms with Crippen LogP contribution in [0.1, 0.15) is 28.2 Å². The molecule has 0 atom stereocenters. The molecule has 0 aliphatic carbocycles. The monoisotopic (exact) mass is 328 g/mol. The van der Waals surface area contributed by atoms with Gasteiger partial charge in [-0.25, -0.2) is 4.98 Å². The largest absolute Gasteiger partial charge is 0.336 e. The van der Waals surface area contributed by atoms with Crippen LogP contribution in [0.4, 0.5) is 0 Å². The minimum absolute atomic E-state index is 0.0133. The van der Waals surface area contributed by atoms with Gasteiger partial charge in [-0.1, -0.05) is 0 Å². The molecule has 4 heterocycles. The van der Waals surface area contributed by atoms with Crippen LogP contribution in [-0.2, 0) is 6.54 Å². The Morgan fingerprint density at radius 2 is 2.17 bits per heavy atom. The van der Waals surface area contributed by atoms with Crippen molar-refractivity contribution in [2.45, 2.75) is 19.9 Å². The molecular weight excluding hydrogens is 308 g/mol. The van der Waals surface area contributed by atoms with Crippen molar-refractivity contribution in [1.82, 2.24) is 19.8 Å². The first kappa shape index (κ1) is 14.8. The number of aryl methyl sites for hydroxylation is 1. The van der Waals surface area contributed by atoms with E-state index >= 15 is 0 Å². The second-order valence-corrected chi connectivity index (χ2v) is 7.58. The molecule has 0 radical (unpaired) electrons. The van der Waals surface area contributed by atoms with Gasteiger partial charge in [0.15, 0.2) is 0 Å². The van der Waals surface area contributed by atoms with Crippen molar-refractivity contribution in [2.24, 2.45) is 5.41 Å². The lowest BCUT2D eigenvalue weighted by atomic mass is 9.79. The third-order valence-electron chi connectivity index (χ3n) is 4.84. The summed E-state index contributed by atoms with van der Waals surface area (Å²) in [4.78, 5) is 25.2. The van der Waals surface area contributed by atoms with E-state index in [-0.39, 0.29) is 5.91 Å².